The van der Waals surface area contributed by atoms with E-state index in [1.807, 2.05) is 0 Å². The maximum atomic E-state index is 12.3. The summed E-state index contributed by atoms with van der Waals surface area (Å²) in [6, 6.07) is 3.56. The first-order valence-electron chi connectivity index (χ1n) is 5.49. The summed E-state index contributed by atoms with van der Waals surface area (Å²) in [7, 11) is -3.36. The van der Waals surface area contributed by atoms with Crippen molar-refractivity contribution in [2.75, 3.05) is 19.6 Å². The molecule has 17 heavy (non-hydrogen) atoms. The van der Waals surface area contributed by atoms with Gasteiger partial charge < -0.3 is 5.32 Å². The van der Waals surface area contributed by atoms with Crippen molar-refractivity contribution < 1.29 is 8.42 Å². The number of halogens is 1. The molecule has 0 aromatic carbocycles. The number of nitrogens with zero attached hydrogens (tertiary/aromatic N) is 1. The van der Waals surface area contributed by atoms with Crippen molar-refractivity contribution >= 4 is 33.0 Å². The van der Waals surface area contributed by atoms with Crippen molar-refractivity contribution in [3.63, 3.8) is 0 Å². The van der Waals surface area contributed by atoms with Crippen LogP contribution in [0.4, 0.5) is 0 Å². The molecule has 7 heteroatoms. The average molecular weight is 295 g/mol. The monoisotopic (exact) mass is 294 g/mol. The molecule has 0 bridgehead atoms. The van der Waals surface area contributed by atoms with Gasteiger partial charge in [0.25, 0.3) is 10.0 Å². The fourth-order valence-corrected chi connectivity index (χ4v) is 4.88. The number of nitrogens with one attached hydrogen (secondary N) is 1. The van der Waals surface area contributed by atoms with E-state index in [1.54, 1.807) is 12.1 Å². The number of rotatable bonds is 2. The highest BCUT2D eigenvalue weighted by molar-refractivity contribution is 7.91. The number of thiophene rings is 1. The molecule has 1 atom stereocenters. The molecule has 96 valence electrons. The fourth-order valence-electron chi connectivity index (χ4n) is 1.79. The van der Waals surface area contributed by atoms with Crippen LogP contribution < -0.4 is 5.32 Å². The lowest BCUT2D eigenvalue weighted by atomic mass is 10.2. The molecule has 1 fully saturated rings. The van der Waals surface area contributed by atoms with Gasteiger partial charge in [-0.05, 0) is 25.5 Å². The van der Waals surface area contributed by atoms with E-state index in [2.05, 4.69) is 12.2 Å². The maximum Gasteiger partial charge on any atom is 0.252 e. The molecular weight excluding hydrogens is 280 g/mol. The van der Waals surface area contributed by atoms with Gasteiger partial charge in [-0.3, -0.25) is 0 Å². The van der Waals surface area contributed by atoms with E-state index >= 15 is 0 Å². The van der Waals surface area contributed by atoms with Crippen LogP contribution in [-0.2, 0) is 10.0 Å². The molecule has 0 amide bonds. The van der Waals surface area contributed by atoms with Crippen LogP contribution in [0.15, 0.2) is 16.3 Å². The Labute approximate surface area is 111 Å². The molecule has 1 N–H and O–H groups in total. The first kappa shape index (κ1) is 13.3. The minimum atomic E-state index is -3.36. The smallest absolute Gasteiger partial charge is 0.252 e. The van der Waals surface area contributed by atoms with Gasteiger partial charge in [-0.1, -0.05) is 11.6 Å². The molecule has 1 unspecified atom stereocenters. The second-order valence-corrected chi connectivity index (χ2v) is 7.99. The van der Waals surface area contributed by atoms with Crippen LogP contribution in [0.2, 0.25) is 4.34 Å². The van der Waals surface area contributed by atoms with Crippen LogP contribution in [0.25, 0.3) is 0 Å². The molecule has 1 aromatic rings. The van der Waals surface area contributed by atoms with E-state index < -0.39 is 10.0 Å². The van der Waals surface area contributed by atoms with Gasteiger partial charge in [0.1, 0.15) is 4.21 Å². The molecule has 1 saturated heterocycles. The van der Waals surface area contributed by atoms with Gasteiger partial charge in [0.2, 0.25) is 0 Å². The minimum Gasteiger partial charge on any atom is -0.313 e. The van der Waals surface area contributed by atoms with Crippen molar-refractivity contribution in [2.45, 2.75) is 23.6 Å². The molecule has 0 spiro atoms. The molecule has 1 aliphatic heterocycles. The zero-order valence-electron chi connectivity index (χ0n) is 9.52. The Balaban J connectivity index is 2.20. The molecule has 0 aliphatic carbocycles. The van der Waals surface area contributed by atoms with Gasteiger partial charge in [0.15, 0.2) is 0 Å². The van der Waals surface area contributed by atoms with Gasteiger partial charge in [0, 0.05) is 25.7 Å². The third-order valence-corrected chi connectivity index (χ3v) is 6.41. The van der Waals surface area contributed by atoms with Crippen LogP contribution in [0.5, 0.6) is 0 Å². The number of sulfonamides is 1. The Morgan fingerprint density at radius 2 is 2.24 bits per heavy atom. The molecule has 4 nitrogen and oxygen atoms in total. The quantitative estimate of drug-likeness (QED) is 0.904. The Morgan fingerprint density at radius 3 is 2.88 bits per heavy atom. The fraction of sp³-hybridized carbons (Fsp3) is 0.600. The Kier molecular flexibility index (Phi) is 4.10. The van der Waals surface area contributed by atoms with Crippen LogP contribution in [-0.4, -0.2) is 38.4 Å². The summed E-state index contributed by atoms with van der Waals surface area (Å²) in [5.74, 6) is 0. The Hall–Kier alpha value is -0.140. The SMILES string of the molecule is CC1CCN(S(=O)(=O)c2ccc(Cl)s2)CCN1. The molecule has 0 saturated carbocycles. The first-order chi connectivity index (χ1) is 8.00. The lowest BCUT2D eigenvalue weighted by Gasteiger charge is -2.18. The normalized spacial score (nSPS) is 23.5. The number of hydrogen-bond acceptors (Lipinski definition) is 4. The van der Waals surface area contributed by atoms with Crippen molar-refractivity contribution in [1.29, 1.82) is 0 Å². The van der Waals surface area contributed by atoms with E-state index in [4.69, 9.17) is 11.6 Å². The highest BCUT2D eigenvalue weighted by Gasteiger charge is 2.27. The summed E-state index contributed by atoms with van der Waals surface area (Å²) >= 11 is 6.90. The van der Waals surface area contributed by atoms with Gasteiger partial charge in [-0.15, -0.1) is 11.3 Å². The van der Waals surface area contributed by atoms with Gasteiger partial charge in [-0.2, -0.15) is 4.31 Å². The molecule has 0 radical (unpaired) electrons. The largest absolute Gasteiger partial charge is 0.313 e. The summed E-state index contributed by atoms with van der Waals surface area (Å²) < 4.78 is 27.0. The van der Waals surface area contributed by atoms with E-state index in [0.29, 0.717) is 34.2 Å². The second kappa shape index (κ2) is 5.24. The maximum absolute atomic E-state index is 12.3. The molecule has 1 aromatic heterocycles. The standard InChI is InChI=1S/C10H15ClN2O2S2/c1-8-4-6-13(7-5-12-8)17(14,15)10-3-2-9(11)16-10/h2-3,8,12H,4-7H2,1H3. The Morgan fingerprint density at radius 1 is 1.47 bits per heavy atom. The molecule has 2 rings (SSSR count). The van der Waals surface area contributed by atoms with Crippen molar-refractivity contribution in [1.82, 2.24) is 9.62 Å². The predicted octanol–water partition coefficient (Wildman–Crippen LogP) is 1.77. The summed E-state index contributed by atoms with van der Waals surface area (Å²) in [5, 5.41) is 3.27. The third-order valence-electron chi connectivity index (χ3n) is 2.81. The lowest BCUT2D eigenvalue weighted by molar-refractivity contribution is 0.430. The average Bonchev–Trinajstić information content (AvgIpc) is 2.58. The van der Waals surface area contributed by atoms with Gasteiger partial charge in [0.05, 0.1) is 4.34 Å². The predicted molar refractivity (Wildman–Crippen MR) is 70.2 cm³/mol. The second-order valence-electron chi connectivity index (χ2n) is 4.11. The van der Waals surface area contributed by atoms with Gasteiger partial charge in [-0.25, -0.2) is 8.42 Å². The van der Waals surface area contributed by atoms with Crippen LogP contribution in [0.3, 0.4) is 0 Å². The van der Waals surface area contributed by atoms with Crippen molar-refractivity contribution in [3.8, 4) is 0 Å². The van der Waals surface area contributed by atoms with Crippen LogP contribution >= 0.6 is 22.9 Å². The third kappa shape index (κ3) is 3.00. The van der Waals surface area contributed by atoms with E-state index in [0.717, 1.165) is 17.8 Å². The summed E-state index contributed by atoms with van der Waals surface area (Å²) in [6.07, 6.45) is 0.832. The van der Waals surface area contributed by atoms with E-state index in [1.165, 1.54) is 4.31 Å². The summed E-state index contributed by atoms with van der Waals surface area (Å²) in [4.78, 5) is 0. The zero-order chi connectivity index (χ0) is 12.5. The van der Waals surface area contributed by atoms with Gasteiger partial charge >= 0.3 is 0 Å². The van der Waals surface area contributed by atoms with Crippen molar-refractivity contribution in [3.05, 3.63) is 16.5 Å². The van der Waals surface area contributed by atoms with Crippen LogP contribution in [0.1, 0.15) is 13.3 Å². The molecule has 1 aliphatic rings. The summed E-state index contributed by atoms with van der Waals surface area (Å²) in [5.41, 5.74) is 0. The van der Waals surface area contributed by atoms with Crippen molar-refractivity contribution in [2.24, 2.45) is 0 Å². The Bertz CT molecular complexity index is 486. The lowest BCUT2D eigenvalue weighted by Crippen LogP contribution is -2.33. The highest BCUT2D eigenvalue weighted by Crippen LogP contribution is 2.28. The van der Waals surface area contributed by atoms with Crippen LogP contribution in [0, 0.1) is 0 Å². The van der Waals surface area contributed by atoms with E-state index in [-0.39, 0.29) is 0 Å². The highest BCUT2D eigenvalue weighted by atomic mass is 35.5. The molecule has 2 heterocycles. The molecular formula is C10H15ClN2O2S2. The topological polar surface area (TPSA) is 49.4 Å². The minimum absolute atomic E-state index is 0.331. The summed E-state index contributed by atoms with van der Waals surface area (Å²) in [6.45, 7) is 3.84. The zero-order valence-corrected chi connectivity index (χ0v) is 11.9. The number of hydrogen-bond donors (Lipinski definition) is 1. The van der Waals surface area contributed by atoms with E-state index in [9.17, 15) is 8.42 Å². The first-order valence-corrected chi connectivity index (χ1v) is 8.12.